The Kier molecular flexibility index (Phi) is 4.71. The van der Waals surface area contributed by atoms with E-state index in [1.54, 1.807) is 6.26 Å². The van der Waals surface area contributed by atoms with Gasteiger partial charge in [-0.15, -0.1) is 0 Å². The Morgan fingerprint density at radius 1 is 1.04 bits per heavy atom. The Morgan fingerprint density at radius 3 is 2.75 bits per heavy atom. The molecule has 1 aromatic heterocycles. The van der Waals surface area contributed by atoms with Crippen LogP contribution in [-0.4, -0.2) is 37.7 Å². The molecule has 0 aliphatic carbocycles. The van der Waals surface area contributed by atoms with E-state index in [0.717, 1.165) is 49.0 Å². The molecule has 0 bridgehead atoms. The summed E-state index contributed by atoms with van der Waals surface area (Å²) in [5, 5.41) is 3.58. The number of hydrogen-bond donors (Lipinski definition) is 1. The third-order valence-electron chi connectivity index (χ3n) is 4.75. The Balaban J connectivity index is 1.42. The van der Waals surface area contributed by atoms with Crippen LogP contribution in [-0.2, 0) is 6.54 Å². The Labute approximate surface area is 142 Å². The van der Waals surface area contributed by atoms with Crippen molar-refractivity contribution in [2.75, 3.05) is 32.8 Å². The van der Waals surface area contributed by atoms with E-state index in [-0.39, 0.29) is 0 Å². The predicted molar refractivity (Wildman–Crippen MR) is 91.4 cm³/mol. The molecule has 4 rings (SSSR count). The van der Waals surface area contributed by atoms with Gasteiger partial charge in [0.15, 0.2) is 11.5 Å². The van der Waals surface area contributed by atoms with E-state index in [2.05, 4.69) is 22.3 Å². The smallest absolute Gasteiger partial charge is 0.165 e. The molecule has 1 saturated heterocycles. The average Bonchev–Trinajstić information content (AvgIpc) is 3.33. The van der Waals surface area contributed by atoms with Crippen molar-refractivity contribution in [2.24, 2.45) is 0 Å². The van der Waals surface area contributed by atoms with Gasteiger partial charge in [-0.2, -0.15) is 0 Å². The van der Waals surface area contributed by atoms with Crippen molar-refractivity contribution < 1.29 is 13.9 Å². The van der Waals surface area contributed by atoms with Gasteiger partial charge in [-0.25, -0.2) is 0 Å². The van der Waals surface area contributed by atoms with Crippen molar-refractivity contribution in [1.29, 1.82) is 0 Å². The fourth-order valence-electron chi connectivity index (χ4n) is 3.56. The first kappa shape index (κ1) is 15.5. The van der Waals surface area contributed by atoms with Gasteiger partial charge in [0.2, 0.25) is 0 Å². The summed E-state index contributed by atoms with van der Waals surface area (Å²) in [6, 6.07) is 10.4. The fraction of sp³-hybridized carbons (Fsp3) is 0.474. The zero-order valence-corrected chi connectivity index (χ0v) is 13.9. The third kappa shape index (κ3) is 3.28. The highest BCUT2D eigenvalue weighted by atomic mass is 16.6. The molecule has 1 atom stereocenters. The van der Waals surface area contributed by atoms with E-state index >= 15 is 0 Å². The van der Waals surface area contributed by atoms with Crippen LogP contribution in [0.25, 0.3) is 0 Å². The Hall–Kier alpha value is -1.98. The van der Waals surface area contributed by atoms with Crippen LogP contribution in [0.15, 0.2) is 41.0 Å². The molecule has 1 aromatic carbocycles. The topological polar surface area (TPSA) is 46.9 Å². The number of likely N-dealkylation sites (tertiary alicyclic amines) is 1. The van der Waals surface area contributed by atoms with Crippen LogP contribution in [0.3, 0.4) is 0 Å². The molecule has 5 heteroatoms. The molecule has 5 nitrogen and oxygen atoms in total. The second-order valence-electron chi connectivity index (χ2n) is 6.35. The van der Waals surface area contributed by atoms with Gasteiger partial charge in [-0.05, 0) is 44.1 Å². The van der Waals surface area contributed by atoms with E-state index in [1.165, 1.54) is 12.8 Å². The van der Waals surface area contributed by atoms with Gasteiger partial charge in [0.05, 0.1) is 12.3 Å². The molecule has 1 unspecified atom stereocenters. The zero-order valence-electron chi connectivity index (χ0n) is 13.9. The largest absolute Gasteiger partial charge is 0.486 e. The van der Waals surface area contributed by atoms with E-state index in [0.29, 0.717) is 19.3 Å². The summed E-state index contributed by atoms with van der Waals surface area (Å²) in [5.41, 5.74) is 1.15. The van der Waals surface area contributed by atoms with Gasteiger partial charge >= 0.3 is 0 Å². The van der Waals surface area contributed by atoms with Gasteiger partial charge < -0.3 is 19.2 Å². The van der Waals surface area contributed by atoms with Crippen LogP contribution in [0.4, 0.5) is 0 Å². The van der Waals surface area contributed by atoms with Gasteiger partial charge in [0, 0.05) is 18.7 Å². The van der Waals surface area contributed by atoms with Crippen molar-refractivity contribution in [1.82, 2.24) is 10.2 Å². The number of hydrogen-bond acceptors (Lipinski definition) is 5. The maximum Gasteiger partial charge on any atom is 0.165 e. The van der Waals surface area contributed by atoms with E-state index in [4.69, 9.17) is 13.9 Å². The molecular formula is C19H24N2O3. The van der Waals surface area contributed by atoms with Crippen LogP contribution in [0.1, 0.15) is 30.2 Å². The number of nitrogens with zero attached hydrogens (tertiary/aromatic N) is 1. The van der Waals surface area contributed by atoms with Gasteiger partial charge in [0.25, 0.3) is 0 Å². The number of ether oxygens (including phenoxy) is 2. The molecule has 2 aliphatic rings. The van der Waals surface area contributed by atoms with Gasteiger partial charge in [-0.1, -0.05) is 12.1 Å². The third-order valence-corrected chi connectivity index (χ3v) is 4.75. The summed E-state index contributed by atoms with van der Waals surface area (Å²) in [6.07, 6.45) is 4.31. The molecule has 24 heavy (non-hydrogen) atoms. The highest BCUT2D eigenvalue weighted by Gasteiger charge is 2.25. The minimum absolute atomic E-state index is 0.291. The standard InChI is InChI=1S/C19H24N2O3/c1-2-9-21(8-1)16(17-7-4-10-22-17)14-20-13-15-5-3-6-18-19(15)24-12-11-23-18/h3-7,10,16,20H,1-2,8-9,11-14H2. The lowest BCUT2D eigenvalue weighted by Crippen LogP contribution is -2.33. The summed E-state index contributed by atoms with van der Waals surface area (Å²) < 4.78 is 17.1. The number of benzene rings is 1. The van der Waals surface area contributed by atoms with Crippen molar-refractivity contribution in [3.05, 3.63) is 47.9 Å². The lowest BCUT2D eigenvalue weighted by atomic mass is 10.1. The second kappa shape index (κ2) is 7.28. The average molecular weight is 328 g/mol. The number of para-hydroxylation sites is 1. The molecule has 0 saturated carbocycles. The van der Waals surface area contributed by atoms with Crippen LogP contribution < -0.4 is 14.8 Å². The van der Waals surface area contributed by atoms with E-state index in [9.17, 15) is 0 Å². The molecule has 0 radical (unpaired) electrons. The molecule has 1 fully saturated rings. The van der Waals surface area contributed by atoms with E-state index < -0.39 is 0 Å². The Morgan fingerprint density at radius 2 is 1.92 bits per heavy atom. The number of furan rings is 1. The highest BCUT2D eigenvalue weighted by molar-refractivity contribution is 5.47. The molecule has 0 spiro atoms. The highest BCUT2D eigenvalue weighted by Crippen LogP contribution is 2.33. The zero-order chi connectivity index (χ0) is 16.2. The maximum atomic E-state index is 5.79. The minimum Gasteiger partial charge on any atom is -0.486 e. The predicted octanol–water partition coefficient (Wildman–Crippen LogP) is 2.98. The van der Waals surface area contributed by atoms with Crippen LogP contribution in [0.2, 0.25) is 0 Å². The first-order valence-corrected chi connectivity index (χ1v) is 8.77. The number of rotatable bonds is 6. The molecule has 2 aromatic rings. The first-order chi connectivity index (χ1) is 11.9. The SMILES string of the molecule is c1coc(C(CNCc2cccc3c2OCCO3)N2CCCC2)c1. The van der Waals surface area contributed by atoms with Crippen molar-refractivity contribution in [2.45, 2.75) is 25.4 Å². The summed E-state index contributed by atoms with van der Waals surface area (Å²) >= 11 is 0. The molecule has 1 N–H and O–H groups in total. The lowest BCUT2D eigenvalue weighted by Gasteiger charge is -2.26. The second-order valence-corrected chi connectivity index (χ2v) is 6.35. The van der Waals surface area contributed by atoms with Crippen molar-refractivity contribution >= 4 is 0 Å². The fourth-order valence-corrected chi connectivity index (χ4v) is 3.56. The summed E-state index contributed by atoms with van der Waals surface area (Å²) in [5.74, 6) is 2.77. The number of fused-ring (bicyclic) bond motifs is 1. The van der Waals surface area contributed by atoms with Gasteiger partial charge in [-0.3, -0.25) is 4.90 Å². The van der Waals surface area contributed by atoms with E-state index in [1.807, 2.05) is 18.2 Å². The van der Waals surface area contributed by atoms with Crippen LogP contribution in [0, 0.1) is 0 Å². The normalized spacial score (nSPS) is 18.7. The summed E-state index contributed by atoms with van der Waals surface area (Å²) in [7, 11) is 0. The van der Waals surface area contributed by atoms with Gasteiger partial charge in [0.1, 0.15) is 19.0 Å². The molecule has 128 valence electrons. The molecular weight excluding hydrogens is 304 g/mol. The number of nitrogens with one attached hydrogen (secondary N) is 1. The first-order valence-electron chi connectivity index (χ1n) is 8.77. The molecule has 2 aliphatic heterocycles. The van der Waals surface area contributed by atoms with Crippen molar-refractivity contribution in [3.63, 3.8) is 0 Å². The molecule has 3 heterocycles. The minimum atomic E-state index is 0.291. The summed E-state index contributed by atoms with van der Waals surface area (Å²) in [4.78, 5) is 2.51. The van der Waals surface area contributed by atoms with Crippen LogP contribution in [0.5, 0.6) is 11.5 Å². The monoisotopic (exact) mass is 328 g/mol. The van der Waals surface area contributed by atoms with Crippen LogP contribution >= 0.6 is 0 Å². The summed E-state index contributed by atoms with van der Waals surface area (Å²) in [6.45, 7) is 5.15. The maximum absolute atomic E-state index is 5.79. The van der Waals surface area contributed by atoms with Crippen molar-refractivity contribution in [3.8, 4) is 11.5 Å². The Bertz CT molecular complexity index is 651. The quantitative estimate of drug-likeness (QED) is 0.883. The lowest BCUT2D eigenvalue weighted by molar-refractivity contribution is 0.169. The molecule has 0 amide bonds.